The minimum Gasteiger partial charge on any atom is -0.508 e. The van der Waals surface area contributed by atoms with Gasteiger partial charge in [0.05, 0.1) is 6.04 Å². The highest BCUT2D eigenvalue weighted by molar-refractivity contribution is 5.84. The lowest BCUT2D eigenvalue weighted by Crippen LogP contribution is -2.32. The molecule has 0 saturated heterocycles. The second-order valence-corrected chi connectivity index (χ2v) is 4.19. The third-order valence-electron chi connectivity index (χ3n) is 2.68. The molecule has 4 nitrogen and oxygen atoms in total. The highest BCUT2D eigenvalue weighted by atomic mass is 16.3. The van der Waals surface area contributed by atoms with E-state index in [0.29, 0.717) is 19.4 Å². The Kier molecular flexibility index (Phi) is 5.66. The van der Waals surface area contributed by atoms with Crippen LogP contribution < -0.4 is 11.5 Å². The van der Waals surface area contributed by atoms with Crippen LogP contribution in [0.25, 0.3) is 0 Å². The lowest BCUT2D eigenvalue weighted by atomic mass is 10.00. The van der Waals surface area contributed by atoms with Crippen molar-refractivity contribution in [2.45, 2.75) is 31.7 Å². The van der Waals surface area contributed by atoms with E-state index in [1.807, 2.05) is 0 Å². The van der Waals surface area contributed by atoms with Crippen molar-refractivity contribution < 1.29 is 9.90 Å². The average molecular weight is 236 g/mol. The lowest BCUT2D eigenvalue weighted by molar-refractivity contribution is -0.120. The Labute approximate surface area is 102 Å². The molecule has 0 spiro atoms. The number of Topliss-reactive ketones (excluding diaryl/α,β-unsaturated/α-hetero) is 1. The van der Waals surface area contributed by atoms with Crippen LogP contribution in [0.5, 0.6) is 5.75 Å². The summed E-state index contributed by atoms with van der Waals surface area (Å²) in [4.78, 5) is 11.7. The highest BCUT2D eigenvalue weighted by Gasteiger charge is 2.13. The second kappa shape index (κ2) is 7.04. The zero-order valence-electron chi connectivity index (χ0n) is 9.93. The molecule has 4 heteroatoms. The van der Waals surface area contributed by atoms with E-state index in [0.717, 1.165) is 18.4 Å². The molecule has 1 unspecified atom stereocenters. The first-order chi connectivity index (χ1) is 8.13. The van der Waals surface area contributed by atoms with Crippen LogP contribution >= 0.6 is 0 Å². The van der Waals surface area contributed by atoms with Crippen molar-refractivity contribution in [3.05, 3.63) is 29.8 Å². The van der Waals surface area contributed by atoms with Crippen molar-refractivity contribution in [3.63, 3.8) is 0 Å². The first-order valence-corrected chi connectivity index (χ1v) is 5.89. The largest absolute Gasteiger partial charge is 0.508 e. The van der Waals surface area contributed by atoms with Crippen molar-refractivity contribution in [1.82, 2.24) is 0 Å². The maximum atomic E-state index is 11.7. The Morgan fingerprint density at radius 1 is 1.24 bits per heavy atom. The summed E-state index contributed by atoms with van der Waals surface area (Å²) >= 11 is 0. The third kappa shape index (κ3) is 4.97. The number of rotatable bonds is 7. The van der Waals surface area contributed by atoms with Crippen molar-refractivity contribution >= 4 is 5.78 Å². The predicted octanol–water partition coefficient (Wildman–Crippen LogP) is 0.960. The van der Waals surface area contributed by atoms with Crippen LogP contribution in [-0.4, -0.2) is 23.5 Å². The van der Waals surface area contributed by atoms with Gasteiger partial charge in [0.15, 0.2) is 0 Å². The Balaban J connectivity index is 2.40. The van der Waals surface area contributed by atoms with Gasteiger partial charge in [0.1, 0.15) is 11.5 Å². The van der Waals surface area contributed by atoms with E-state index in [4.69, 9.17) is 16.6 Å². The fraction of sp³-hybridized carbons (Fsp3) is 0.462. The lowest BCUT2D eigenvalue weighted by Gasteiger charge is -2.10. The molecule has 0 heterocycles. The Morgan fingerprint density at radius 2 is 1.88 bits per heavy atom. The number of phenolic OH excluding ortho intramolecular Hbond substituents is 1. The Bertz CT molecular complexity index is 349. The van der Waals surface area contributed by atoms with Gasteiger partial charge >= 0.3 is 0 Å². The minimum atomic E-state index is -0.461. The van der Waals surface area contributed by atoms with Crippen LogP contribution in [-0.2, 0) is 11.2 Å². The number of carbonyl (C=O) groups is 1. The van der Waals surface area contributed by atoms with Crippen LogP contribution in [0.15, 0.2) is 24.3 Å². The van der Waals surface area contributed by atoms with Gasteiger partial charge in [-0.2, -0.15) is 0 Å². The topological polar surface area (TPSA) is 89.3 Å². The van der Waals surface area contributed by atoms with Gasteiger partial charge < -0.3 is 16.6 Å². The summed E-state index contributed by atoms with van der Waals surface area (Å²) in [6, 6.07) is 6.30. The maximum absolute atomic E-state index is 11.7. The van der Waals surface area contributed by atoms with Gasteiger partial charge in [0.25, 0.3) is 0 Å². The zero-order valence-corrected chi connectivity index (χ0v) is 9.93. The molecule has 17 heavy (non-hydrogen) atoms. The first kappa shape index (κ1) is 13.7. The molecule has 0 aliphatic carbocycles. The monoisotopic (exact) mass is 236 g/mol. The molecule has 0 aliphatic heterocycles. The summed E-state index contributed by atoms with van der Waals surface area (Å²) < 4.78 is 0. The normalized spacial score (nSPS) is 12.4. The van der Waals surface area contributed by atoms with Gasteiger partial charge in [-0.1, -0.05) is 12.1 Å². The number of phenols is 1. The highest BCUT2D eigenvalue weighted by Crippen LogP contribution is 2.11. The Hall–Kier alpha value is -1.39. The molecule has 0 bridgehead atoms. The number of ketones is 1. The van der Waals surface area contributed by atoms with Gasteiger partial charge in [-0.15, -0.1) is 0 Å². The summed E-state index contributed by atoms with van der Waals surface area (Å²) in [6.45, 7) is 0.612. The zero-order chi connectivity index (χ0) is 12.7. The molecular formula is C13H20N2O2. The third-order valence-corrected chi connectivity index (χ3v) is 2.68. The molecule has 94 valence electrons. The summed E-state index contributed by atoms with van der Waals surface area (Å²) in [5, 5.41) is 9.13. The van der Waals surface area contributed by atoms with E-state index in [1.54, 1.807) is 24.3 Å². The summed E-state index contributed by atoms with van der Waals surface area (Å²) in [7, 11) is 0. The SMILES string of the molecule is NCCCCC(=O)C(N)Cc1ccc(O)cc1. The van der Waals surface area contributed by atoms with Crippen molar-refractivity contribution in [2.75, 3.05) is 6.54 Å². The number of hydrogen-bond donors (Lipinski definition) is 3. The van der Waals surface area contributed by atoms with E-state index >= 15 is 0 Å². The molecule has 1 atom stereocenters. The van der Waals surface area contributed by atoms with E-state index in [9.17, 15) is 4.79 Å². The van der Waals surface area contributed by atoms with E-state index in [-0.39, 0.29) is 11.5 Å². The van der Waals surface area contributed by atoms with E-state index in [2.05, 4.69) is 0 Å². The van der Waals surface area contributed by atoms with Crippen LogP contribution in [0, 0.1) is 0 Å². The van der Waals surface area contributed by atoms with Gasteiger partial charge in [-0.3, -0.25) is 4.79 Å². The molecule has 0 saturated carbocycles. The van der Waals surface area contributed by atoms with E-state index in [1.165, 1.54) is 0 Å². The number of unbranched alkanes of at least 4 members (excludes halogenated alkanes) is 1. The molecule has 0 amide bonds. The van der Waals surface area contributed by atoms with Gasteiger partial charge in [0.2, 0.25) is 0 Å². The maximum Gasteiger partial charge on any atom is 0.149 e. The molecule has 1 aromatic rings. The molecule has 0 fully saturated rings. The second-order valence-electron chi connectivity index (χ2n) is 4.19. The summed E-state index contributed by atoms with van der Waals surface area (Å²) in [5.74, 6) is 0.295. The van der Waals surface area contributed by atoms with Gasteiger partial charge in [-0.25, -0.2) is 0 Å². The fourth-order valence-electron chi connectivity index (χ4n) is 1.63. The average Bonchev–Trinajstić information content (AvgIpc) is 2.32. The van der Waals surface area contributed by atoms with Crippen LogP contribution in [0.2, 0.25) is 0 Å². The molecule has 1 aromatic carbocycles. The number of aromatic hydroxyl groups is 1. The van der Waals surface area contributed by atoms with E-state index < -0.39 is 6.04 Å². The van der Waals surface area contributed by atoms with Crippen LogP contribution in [0.3, 0.4) is 0 Å². The predicted molar refractivity (Wildman–Crippen MR) is 67.7 cm³/mol. The smallest absolute Gasteiger partial charge is 0.149 e. The molecule has 1 rings (SSSR count). The minimum absolute atomic E-state index is 0.0755. The summed E-state index contributed by atoms with van der Waals surface area (Å²) in [6.07, 6.45) is 2.68. The molecule has 5 N–H and O–H groups in total. The van der Waals surface area contributed by atoms with Gasteiger partial charge in [0, 0.05) is 6.42 Å². The number of nitrogens with two attached hydrogens (primary N) is 2. The standard InChI is InChI=1S/C13H20N2O2/c14-8-2-1-3-13(17)12(15)9-10-4-6-11(16)7-5-10/h4-7,12,16H,1-3,8-9,14-15H2. The first-order valence-electron chi connectivity index (χ1n) is 5.89. The number of carbonyl (C=O) groups excluding carboxylic acids is 1. The van der Waals surface area contributed by atoms with Crippen LogP contribution in [0.1, 0.15) is 24.8 Å². The fourth-order valence-corrected chi connectivity index (χ4v) is 1.63. The molecular weight excluding hydrogens is 216 g/mol. The molecule has 0 aromatic heterocycles. The van der Waals surface area contributed by atoms with Crippen molar-refractivity contribution in [3.8, 4) is 5.75 Å². The quantitative estimate of drug-likeness (QED) is 0.615. The van der Waals surface area contributed by atoms with Crippen LogP contribution in [0.4, 0.5) is 0 Å². The van der Waals surface area contributed by atoms with Crippen molar-refractivity contribution in [2.24, 2.45) is 11.5 Å². The number of hydrogen-bond acceptors (Lipinski definition) is 4. The van der Waals surface area contributed by atoms with Gasteiger partial charge in [-0.05, 0) is 43.5 Å². The molecule has 0 aliphatic rings. The van der Waals surface area contributed by atoms with Crippen molar-refractivity contribution in [1.29, 1.82) is 0 Å². The summed E-state index contributed by atoms with van der Waals surface area (Å²) in [5.41, 5.74) is 12.1. The Morgan fingerprint density at radius 3 is 2.47 bits per heavy atom. The molecule has 0 radical (unpaired) electrons. The number of benzene rings is 1.